The van der Waals surface area contributed by atoms with E-state index < -0.39 is 11.4 Å². The standard InChI is InChI=1S/C22H27FN2O3S2/c1-14(2)10-17-12-18(20(29-17)28-30(26)27)15-6-7-16(19(23)11-15)13-25-9-8-24-21(25)22(3,4)5/h6-9,11-12,14H,10,13H2,1-5H3,(H,26,27). The Kier molecular flexibility index (Phi) is 6.79. The molecule has 2 heterocycles. The van der Waals surface area contributed by atoms with Gasteiger partial charge in [-0.1, -0.05) is 46.8 Å². The molecule has 0 aliphatic heterocycles. The fourth-order valence-electron chi connectivity index (χ4n) is 3.36. The Hall–Kier alpha value is -2.03. The van der Waals surface area contributed by atoms with Crippen LogP contribution in [0.4, 0.5) is 4.39 Å². The normalized spacial score (nSPS) is 13.1. The maximum absolute atomic E-state index is 15.0. The molecule has 0 saturated heterocycles. The summed E-state index contributed by atoms with van der Waals surface area (Å²) >= 11 is -1.12. The van der Waals surface area contributed by atoms with Crippen LogP contribution in [0.3, 0.4) is 0 Å². The van der Waals surface area contributed by atoms with E-state index in [0.717, 1.165) is 17.1 Å². The van der Waals surface area contributed by atoms with Crippen LogP contribution in [0.2, 0.25) is 0 Å². The Morgan fingerprint density at radius 3 is 2.63 bits per heavy atom. The van der Waals surface area contributed by atoms with Gasteiger partial charge in [0.05, 0.1) is 6.54 Å². The van der Waals surface area contributed by atoms with Gasteiger partial charge in [0.1, 0.15) is 11.6 Å². The van der Waals surface area contributed by atoms with Gasteiger partial charge in [0, 0.05) is 33.8 Å². The minimum Gasteiger partial charge on any atom is -0.368 e. The molecule has 3 aromatic rings. The van der Waals surface area contributed by atoms with E-state index in [-0.39, 0.29) is 11.2 Å². The van der Waals surface area contributed by atoms with Crippen molar-refractivity contribution in [2.24, 2.45) is 5.92 Å². The van der Waals surface area contributed by atoms with E-state index in [1.807, 2.05) is 22.9 Å². The third-order valence-corrected chi connectivity index (χ3v) is 6.05. The number of rotatable bonds is 7. The van der Waals surface area contributed by atoms with Gasteiger partial charge in [0.25, 0.3) is 0 Å². The van der Waals surface area contributed by atoms with E-state index >= 15 is 0 Å². The second-order valence-electron chi connectivity index (χ2n) is 8.75. The topological polar surface area (TPSA) is 64.4 Å². The Bertz CT molecular complexity index is 1050. The molecule has 1 atom stereocenters. The smallest absolute Gasteiger partial charge is 0.358 e. The van der Waals surface area contributed by atoms with Crippen molar-refractivity contribution in [3.63, 3.8) is 0 Å². The highest BCUT2D eigenvalue weighted by molar-refractivity contribution is 7.74. The van der Waals surface area contributed by atoms with Crippen molar-refractivity contribution in [3.05, 3.63) is 58.7 Å². The molecule has 162 valence electrons. The van der Waals surface area contributed by atoms with Crippen molar-refractivity contribution in [2.75, 3.05) is 0 Å². The van der Waals surface area contributed by atoms with Crippen LogP contribution in [0.25, 0.3) is 11.1 Å². The van der Waals surface area contributed by atoms with Crippen molar-refractivity contribution in [1.29, 1.82) is 0 Å². The van der Waals surface area contributed by atoms with Gasteiger partial charge < -0.3 is 8.75 Å². The number of halogens is 1. The van der Waals surface area contributed by atoms with Crippen LogP contribution >= 0.6 is 11.3 Å². The van der Waals surface area contributed by atoms with Crippen molar-refractivity contribution in [1.82, 2.24) is 9.55 Å². The molecule has 8 heteroatoms. The summed E-state index contributed by atoms with van der Waals surface area (Å²) in [6, 6.07) is 6.93. The van der Waals surface area contributed by atoms with Crippen LogP contribution in [0.5, 0.6) is 5.06 Å². The highest BCUT2D eigenvalue weighted by Crippen LogP contribution is 2.40. The molecule has 0 spiro atoms. The Morgan fingerprint density at radius 2 is 2.03 bits per heavy atom. The summed E-state index contributed by atoms with van der Waals surface area (Å²) in [6.45, 7) is 10.8. The zero-order chi connectivity index (χ0) is 22.1. The van der Waals surface area contributed by atoms with E-state index in [4.69, 9.17) is 4.18 Å². The minimum absolute atomic E-state index is 0.143. The molecule has 0 bridgehead atoms. The lowest BCUT2D eigenvalue weighted by atomic mass is 9.95. The van der Waals surface area contributed by atoms with Gasteiger partial charge in [-0.3, -0.25) is 4.55 Å². The summed E-state index contributed by atoms with van der Waals surface area (Å²) in [5.41, 5.74) is 1.65. The number of benzene rings is 1. The van der Waals surface area contributed by atoms with Crippen LogP contribution < -0.4 is 4.18 Å². The van der Waals surface area contributed by atoms with Crippen molar-refractivity contribution in [3.8, 4) is 16.2 Å². The third-order valence-electron chi connectivity index (χ3n) is 4.60. The minimum atomic E-state index is -2.44. The molecule has 0 aliphatic rings. The molecule has 2 aromatic heterocycles. The zero-order valence-electron chi connectivity index (χ0n) is 17.8. The molecular formula is C22H27FN2O3S2. The Balaban J connectivity index is 1.93. The number of thiophene rings is 1. The first-order valence-electron chi connectivity index (χ1n) is 9.77. The van der Waals surface area contributed by atoms with Crippen LogP contribution in [-0.4, -0.2) is 18.3 Å². The van der Waals surface area contributed by atoms with Crippen molar-refractivity contribution in [2.45, 2.75) is 53.0 Å². The average Bonchev–Trinajstić information content (AvgIpc) is 3.22. The number of hydrogen-bond acceptors (Lipinski definition) is 4. The van der Waals surface area contributed by atoms with Gasteiger partial charge in [-0.25, -0.2) is 9.37 Å². The molecule has 1 aromatic carbocycles. The number of hydrogen-bond donors (Lipinski definition) is 1. The third kappa shape index (κ3) is 5.36. The largest absolute Gasteiger partial charge is 0.368 e. The summed E-state index contributed by atoms with van der Waals surface area (Å²) in [5, 5.41) is 0.322. The molecule has 0 radical (unpaired) electrons. The lowest BCUT2D eigenvalue weighted by Gasteiger charge is -2.20. The first kappa shape index (κ1) is 22.7. The van der Waals surface area contributed by atoms with E-state index in [2.05, 4.69) is 39.6 Å². The molecule has 1 N–H and O–H groups in total. The van der Waals surface area contributed by atoms with Gasteiger partial charge in [-0.15, -0.1) is 11.3 Å². The lowest BCUT2D eigenvalue weighted by molar-refractivity contribution is 0.464. The van der Waals surface area contributed by atoms with E-state index in [1.165, 1.54) is 17.4 Å². The molecule has 0 aliphatic carbocycles. The van der Waals surface area contributed by atoms with E-state index in [0.29, 0.717) is 34.2 Å². The van der Waals surface area contributed by atoms with Crippen LogP contribution in [0.1, 0.15) is 50.9 Å². The SMILES string of the molecule is CC(C)Cc1cc(-c2ccc(Cn3ccnc3C(C)(C)C)c(F)c2)c(OS(=O)O)s1. The number of nitrogens with zero attached hydrogens (tertiary/aromatic N) is 2. The first-order chi connectivity index (χ1) is 14.0. The molecular weight excluding hydrogens is 423 g/mol. The Morgan fingerprint density at radius 1 is 1.30 bits per heavy atom. The highest BCUT2D eigenvalue weighted by Gasteiger charge is 2.21. The molecule has 0 fully saturated rings. The van der Waals surface area contributed by atoms with Crippen LogP contribution in [-0.2, 0) is 29.7 Å². The predicted octanol–water partition coefficient (Wildman–Crippen LogP) is 5.81. The number of aromatic nitrogens is 2. The quantitative estimate of drug-likeness (QED) is 0.461. The lowest BCUT2D eigenvalue weighted by Crippen LogP contribution is -2.19. The molecule has 3 rings (SSSR count). The summed E-state index contributed by atoms with van der Waals surface area (Å²) in [5.74, 6) is 0.979. The summed E-state index contributed by atoms with van der Waals surface area (Å²) in [4.78, 5) is 5.44. The highest BCUT2D eigenvalue weighted by atomic mass is 32.2. The maximum Gasteiger partial charge on any atom is 0.358 e. The van der Waals surface area contributed by atoms with Crippen molar-refractivity contribution < 1.29 is 17.3 Å². The fraction of sp³-hybridized carbons (Fsp3) is 0.409. The van der Waals surface area contributed by atoms with E-state index in [1.54, 1.807) is 12.3 Å². The maximum atomic E-state index is 15.0. The second kappa shape index (κ2) is 8.99. The van der Waals surface area contributed by atoms with E-state index in [9.17, 15) is 13.2 Å². The molecule has 5 nitrogen and oxygen atoms in total. The predicted molar refractivity (Wildman–Crippen MR) is 120 cm³/mol. The summed E-state index contributed by atoms with van der Waals surface area (Å²) in [6.07, 6.45) is 4.40. The second-order valence-corrected chi connectivity index (χ2v) is 10.4. The molecule has 0 saturated carbocycles. The van der Waals surface area contributed by atoms with Gasteiger partial charge in [-0.05, 0) is 30.0 Å². The zero-order valence-corrected chi connectivity index (χ0v) is 19.4. The monoisotopic (exact) mass is 450 g/mol. The average molecular weight is 451 g/mol. The summed E-state index contributed by atoms with van der Waals surface area (Å²) < 4.78 is 42.4. The van der Waals surface area contributed by atoms with Gasteiger partial charge in [-0.2, -0.15) is 4.21 Å². The molecule has 0 amide bonds. The van der Waals surface area contributed by atoms with Gasteiger partial charge >= 0.3 is 11.4 Å². The molecule has 30 heavy (non-hydrogen) atoms. The first-order valence-corrected chi connectivity index (χ1v) is 11.6. The summed E-state index contributed by atoms with van der Waals surface area (Å²) in [7, 11) is 0. The Labute approximate surface area is 183 Å². The van der Waals surface area contributed by atoms with Crippen molar-refractivity contribution >= 4 is 22.7 Å². The van der Waals surface area contributed by atoms with Crippen LogP contribution in [0, 0.1) is 11.7 Å². The molecule has 1 unspecified atom stereocenters. The van der Waals surface area contributed by atoms with Crippen LogP contribution in [0.15, 0.2) is 36.7 Å². The number of imidazole rings is 1. The fourth-order valence-corrected chi connectivity index (χ4v) is 5.01. The van der Waals surface area contributed by atoms with Gasteiger partial charge in [0.15, 0.2) is 0 Å². The van der Waals surface area contributed by atoms with Gasteiger partial charge in [0.2, 0.25) is 5.06 Å².